The standard InChI is InChI=1S/C28H28N2O5/c1-18(15-26(31)30(2)16-19-11-13-20(14-12-19)27(32)33)29-28(34)35-17-25-23-9-5-3-7-21(23)22-8-4-6-10-24(22)25/h3-14,18,25H,15-17H2,1-2H3,(H,29,34)(H,32,33)/t18-/m0/s1. The van der Waals surface area contributed by atoms with E-state index in [0.29, 0.717) is 6.54 Å². The van der Waals surface area contributed by atoms with E-state index in [-0.39, 0.29) is 30.4 Å². The number of benzene rings is 3. The van der Waals surface area contributed by atoms with Gasteiger partial charge in [0.1, 0.15) is 6.61 Å². The summed E-state index contributed by atoms with van der Waals surface area (Å²) in [5, 5.41) is 11.7. The number of hydrogen-bond donors (Lipinski definition) is 2. The Hall–Kier alpha value is -4.13. The Bertz CT molecular complexity index is 1190. The van der Waals surface area contributed by atoms with E-state index in [1.807, 2.05) is 24.3 Å². The van der Waals surface area contributed by atoms with Gasteiger partial charge in [0.05, 0.1) is 5.56 Å². The molecular formula is C28H28N2O5. The van der Waals surface area contributed by atoms with Crippen molar-refractivity contribution in [2.45, 2.75) is 31.8 Å². The molecule has 0 saturated carbocycles. The summed E-state index contributed by atoms with van der Waals surface area (Å²) in [6.45, 7) is 2.32. The van der Waals surface area contributed by atoms with Crippen molar-refractivity contribution in [1.82, 2.24) is 10.2 Å². The van der Waals surface area contributed by atoms with Crippen LogP contribution in [0.3, 0.4) is 0 Å². The Kier molecular flexibility index (Phi) is 7.15. The molecule has 1 aliphatic rings. The van der Waals surface area contributed by atoms with Gasteiger partial charge in [0.25, 0.3) is 0 Å². The van der Waals surface area contributed by atoms with Crippen molar-refractivity contribution in [3.05, 3.63) is 95.1 Å². The highest BCUT2D eigenvalue weighted by Crippen LogP contribution is 2.44. The maximum atomic E-state index is 12.6. The van der Waals surface area contributed by atoms with Crippen molar-refractivity contribution in [3.8, 4) is 11.1 Å². The summed E-state index contributed by atoms with van der Waals surface area (Å²) < 4.78 is 5.56. The number of alkyl carbamates (subject to hydrolysis) is 1. The van der Waals surface area contributed by atoms with Crippen LogP contribution in [0.4, 0.5) is 4.79 Å². The largest absolute Gasteiger partial charge is 0.478 e. The van der Waals surface area contributed by atoms with E-state index in [1.54, 1.807) is 31.0 Å². The zero-order valence-electron chi connectivity index (χ0n) is 19.7. The van der Waals surface area contributed by atoms with E-state index < -0.39 is 18.1 Å². The number of nitrogens with one attached hydrogen (secondary N) is 1. The zero-order valence-corrected chi connectivity index (χ0v) is 19.7. The van der Waals surface area contributed by atoms with Crippen LogP contribution >= 0.6 is 0 Å². The van der Waals surface area contributed by atoms with Gasteiger partial charge in [-0.25, -0.2) is 9.59 Å². The van der Waals surface area contributed by atoms with Crippen LogP contribution in [0.15, 0.2) is 72.8 Å². The number of carboxylic acid groups (broad SMARTS) is 1. The first-order chi connectivity index (χ1) is 16.8. The van der Waals surface area contributed by atoms with Gasteiger partial charge in [-0.05, 0) is 46.9 Å². The van der Waals surface area contributed by atoms with Crippen molar-refractivity contribution in [3.63, 3.8) is 0 Å². The quantitative estimate of drug-likeness (QED) is 0.497. The summed E-state index contributed by atoms with van der Waals surface area (Å²) in [7, 11) is 1.67. The smallest absolute Gasteiger partial charge is 0.407 e. The van der Waals surface area contributed by atoms with Crippen LogP contribution in [0.5, 0.6) is 0 Å². The highest BCUT2D eigenvalue weighted by atomic mass is 16.5. The molecule has 0 aromatic heterocycles. The molecule has 1 atom stereocenters. The van der Waals surface area contributed by atoms with E-state index in [9.17, 15) is 14.4 Å². The van der Waals surface area contributed by atoms with Crippen molar-refractivity contribution < 1.29 is 24.2 Å². The molecule has 0 heterocycles. The lowest BCUT2D eigenvalue weighted by Gasteiger charge is -2.21. The summed E-state index contributed by atoms with van der Waals surface area (Å²) in [4.78, 5) is 37.6. The van der Waals surface area contributed by atoms with Crippen LogP contribution in [0.1, 0.15) is 46.3 Å². The second-order valence-electron chi connectivity index (χ2n) is 8.83. The van der Waals surface area contributed by atoms with Crippen LogP contribution in [0, 0.1) is 0 Å². The minimum Gasteiger partial charge on any atom is -0.478 e. The fraction of sp³-hybridized carbons (Fsp3) is 0.250. The van der Waals surface area contributed by atoms with Crippen LogP contribution in [0.2, 0.25) is 0 Å². The van der Waals surface area contributed by atoms with Gasteiger partial charge in [-0.3, -0.25) is 4.79 Å². The predicted molar refractivity (Wildman–Crippen MR) is 132 cm³/mol. The summed E-state index contributed by atoms with van der Waals surface area (Å²) in [6, 6.07) is 22.3. The Labute approximate surface area is 204 Å². The number of carboxylic acids is 1. The van der Waals surface area contributed by atoms with Crippen LogP contribution in [-0.2, 0) is 16.1 Å². The number of nitrogens with zero attached hydrogens (tertiary/aromatic N) is 1. The molecule has 2 amide bonds. The SMILES string of the molecule is C[C@@H](CC(=O)N(C)Cc1ccc(C(=O)O)cc1)NC(=O)OCC1c2ccccc2-c2ccccc21. The average molecular weight is 473 g/mol. The summed E-state index contributed by atoms with van der Waals surface area (Å²) >= 11 is 0. The molecule has 0 saturated heterocycles. The first-order valence-corrected chi connectivity index (χ1v) is 11.5. The molecule has 0 aliphatic heterocycles. The molecule has 0 fully saturated rings. The van der Waals surface area contributed by atoms with Crippen molar-refractivity contribution in [2.75, 3.05) is 13.7 Å². The molecule has 35 heavy (non-hydrogen) atoms. The number of amides is 2. The maximum Gasteiger partial charge on any atom is 0.407 e. The molecule has 7 nitrogen and oxygen atoms in total. The molecule has 0 spiro atoms. The lowest BCUT2D eigenvalue weighted by Crippen LogP contribution is -2.38. The van der Waals surface area contributed by atoms with E-state index >= 15 is 0 Å². The fourth-order valence-corrected chi connectivity index (χ4v) is 4.42. The third-order valence-electron chi connectivity index (χ3n) is 6.24. The van der Waals surface area contributed by atoms with E-state index in [4.69, 9.17) is 9.84 Å². The predicted octanol–water partition coefficient (Wildman–Crippen LogP) is 4.66. The number of fused-ring (bicyclic) bond motifs is 3. The third kappa shape index (κ3) is 5.51. The molecule has 0 bridgehead atoms. The molecule has 180 valence electrons. The summed E-state index contributed by atoms with van der Waals surface area (Å²) in [5.74, 6) is -1.16. The Balaban J connectivity index is 1.27. The Morgan fingerprint density at radius 2 is 1.51 bits per heavy atom. The van der Waals surface area contributed by atoms with Gasteiger partial charge in [0.2, 0.25) is 5.91 Å². The topological polar surface area (TPSA) is 95.9 Å². The van der Waals surface area contributed by atoms with Gasteiger partial charge in [-0.2, -0.15) is 0 Å². The molecule has 1 aliphatic carbocycles. The molecule has 0 unspecified atom stereocenters. The molecular weight excluding hydrogens is 444 g/mol. The number of aromatic carboxylic acids is 1. The maximum absolute atomic E-state index is 12.6. The molecule has 0 radical (unpaired) electrons. The minimum atomic E-state index is -0.992. The monoisotopic (exact) mass is 472 g/mol. The summed E-state index contributed by atoms with van der Waals surface area (Å²) in [6.07, 6.45) is -0.437. The normalized spacial score (nSPS) is 12.9. The lowest BCUT2D eigenvalue weighted by molar-refractivity contribution is -0.130. The lowest BCUT2D eigenvalue weighted by atomic mass is 9.98. The van der Waals surface area contributed by atoms with Gasteiger partial charge in [0.15, 0.2) is 0 Å². The van der Waals surface area contributed by atoms with Gasteiger partial charge >= 0.3 is 12.1 Å². The van der Waals surface area contributed by atoms with Crippen molar-refractivity contribution in [1.29, 1.82) is 0 Å². The number of ether oxygens (including phenoxy) is 1. The van der Waals surface area contributed by atoms with Gasteiger partial charge in [0, 0.05) is 32.0 Å². The number of carbonyl (C=O) groups is 3. The number of carbonyl (C=O) groups excluding carboxylic acids is 2. The van der Waals surface area contributed by atoms with Crippen LogP contribution in [0.25, 0.3) is 11.1 Å². The van der Waals surface area contributed by atoms with E-state index in [2.05, 4.69) is 29.6 Å². The van der Waals surface area contributed by atoms with Gasteiger partial charge in [-0.1, -0.05) is 60.7 Å². The minimum absolute atomic E-state index is 0.0243. The van der Waals surface area contributed by atoms with E-state index in [1.165, 1.54) is 12.1 Å². The highest BCUT2D eigenvalue weighted by molar-refractivity contribution is 5.87. The molecule has 3 aromatic rings. The first kappa shape index (κ1) is 24.0. The second kappa shape index (κ2) is 10.4. The van der Waals surface area contributed by atoms with Crippen LogP contribution < -0.4 is 5.32 Å². The second-order valence-corrected chi connectivity index (χ2v) is 8.83. The Morgan fingerprint density at radius 1 is 0.943 bits per heavy atom. The van der Waals surface area contributed by atoms with E-state index in [0.717, 1.165) is 27.8 Å². The Morgan fingerprint density at radius 3 is 2.09 bits per heavy atom. The molecule has 3 aromatic carbocycles. The average Bonchev–Trinajstić information content (AvgIpc) is 3.16. The van der Waals surface area contributed by atoms with Crippen LogP contribution in [-0.4, -0.2) is 47.7 Å². The number of hydrogen-bond acceptors (Lipinski definition) is 4. The number of rotatable bonds is 8. The zero-order chi connectivity index (χ0) is 24.9. The highest BCUT2D eigenvalue weighted by Gasteiger charge is 2.29. The fourth-order valence-electron chi connectivity index (χ4n) is 4.42. The van der Waals surface area contributed by atoms with Crippen molar-refractivity contribution >= 4 is 18.0 Å². The van der Waals surface area contributed by atoms with Gasteiger partial charge in [-0.15, -0.1) is 0 Å². The first-order valence-electron chi connectivity index (χ1n) is 11.5. The van der Waals surface area contributed by atoms with Gasteiger partial charge < -0.3 is 20.1 Å². The van der Waals surface area contributed by atoms with Crippen molar-refractivity contribution in [2.24, 2.45) is 0 Å². The molecule has 7 heteroatoms. The summed E-state index contributed by atoms with van der Waals surface area (Å²) in [5.41, 5.74) is 5.63. The molecule has 4 rings (SSSR count). The molecule has 2 N–H and O–H groups in total. The third-order valence-corrected chi connectivity index (χ3v) is 6.24.